The van der Waals surface area contributed by atoms with Crippen LogP contribution in [-0.4, -0.2) is 62.8 Å². The predicted octanol–water partition coefficient (Wildman–Crippen LogP) is 5.57. The second-order valence-electron chi connectivity index (χ2n) is 9.18. The Labute approximate surface area is 217 Å². The van der Waals surface area contributed by atoms with E-state index in [0.717, 1.165) is 11.1 Å². The summed E-state index contributed by atoms with van der Waals surface area (Å²) >= 11 is 1.43. The Balaban J connectivity index is 1.64. The summed E-state index contributed by atoms with van der Waals surface area (Å²) in [6.07, 6.45) is -1.41. The second kappa shape index (κ2) is 11.2. The number of rotatable bonds is 8. The Bertz CT molecular complexity index is 1230. The zero-order chi connectivity index (χ0) is 26.7. The van der Waals surface area contributed by atoms with Gasteiger partial charge < -0.3 is 10.7 Å². The van der Waals surface area contributed by atoms with E-state index >= 15 is 0 Å². The van der Waals surface area contributed by atoms with Crippen LogP contribution in [0.4, 0.5) is 28.9 Å². The summed E-state index contributed by atoms with van der Waals surface area (Å²) < 4.78 is 55.8. The van der Waals surface area contributed by atoms with Gasteiger partial charge in [-0.1, -0.05) is 6.92 Å². The summed E-state index contributed by atoms with van der Waals surface area (Å²) in [6, 6.07) is 9.34. The molecule has 4 rings (SSSR count). The highest BCUT2D eigenvalue weighted by Gasteiger charge is 2.40. The Morgan fingerprint density at radius 3 is 2.57 bits per heavy atom. The standard InChI is InChI=1S/C25H29F4N7S/c1-16-10-22(32-20-6-4-19(26)5-7-20)18(12-30)11-21(16)23-15-36(37-24-13-31-34(3)33-24)9-8-35(23)14-17(2)25(27,28)29/h4-7,10-13,17,23,30,32H,8-9,14-15H2,1-3H3. The molecule has 2 heterocycles. The average molecular weight is 536 g/mol. The van der Waals surface area contributed by atoms with Crippen molar-refractivity contribution in [3.8, 4) is 0 Å². The summed E-state index contributed by atoms with van der Waals surface area (Å²) in [5.74, 6) is -1.82. The number of hydrogen-bond donors (Lipinski definition) is 2. The minimum atomic E-state index is -4.28. The van der Waals surface area contributed by atoms with Crippen molar-refractivity contribution in [1.29, 1.82) is 5.41 Å². The number of aromatic nitrogens is 3. The molecule has 1 saturated heterocycles. The molecule has 0 amide bonds. The SMILES string of the molecule is Cc1cc(Nc2ccc(F)cc2)c(C=N)cc1C1CN(Sc2cnn(C)n2)CCN1CC(C)C(F)(F)F. The lowest BCUT2D eigenvalue weighted by Gasteiger charge is -2.42. The number of alkyl halides is 3. The van der Waals surface area contributed by atoms with Crippen LogP contribution in [0.25, 0.3) is 0 Å². The smallest absolute Gasteiger partial charge is 0.355 e. The molecule has 1 aliphatic heterocycles. The molecule has 1 aromatic heterocycles. The highest BCUT2D eigenvalue weighted by Crippen LogP contribution is 2.37. The summed E-state index contributed by atoms with van der Waals surface area (Å²) in [5, 5.41) is 20.3. The van der Waals surface area contributed by atoms with E-state index in [1.54, 1.807) is 25.4 Å². The van der Waals surface area contributed by atoms with Gasteiger partial charge in [0.1, 0.15) is 5.82 Å². The number of piperazine rings is 1. The first-order valence-electron chi connectivity index (χ1n) is 11.8. The molecule has 37 heavy (non-hydrogen) atoms. The molecule has 1 aliphatic rings. The van der Waals surface area contributed by atoms with Gasteiger partial charge in [-0.2, -0.15) is 23.1 Å². The molecule has 0 spiro atoms. The maximum absolute atomic E-state index is 13.5. The normalized spacial score (nSPS) is 18.1. The first kappa shape index (κ1) is 27.1. The topological polar surface area (TPSA) is 73.1 Å². The van der Waals surface area contributed by atoms with E-state index in [1.165, 1.54) is 42.0 Å². The highest BCUT2D eigenvalue weighted by atomic mass is 32.2. The van der Waals surface area contributed by atoms with Crippen LogP contribution >= 0.6 is 11.9 Å². The minimum Gasteiger partial charge on any atom is -0.355 e. The van der Waals surface area contributed by atoms with Crippen LogP contribution in [0.1, 0.15) is 29.7 Å². The van der Waals surface area contributed by atoms with Crippen molar-refractivity contribution in [2.45, 2.75) is 31.1 Å². The van der Waals surface area contributed by atoms with E-state index in [2.05, 4.69) is 19.8 Å². The largest absolute Gasteiger partial charge is 0.392 e. The fourth-order valence-corrected chi connectivity index (χ4v) is 5.27. The van der Waals surface area contributed by atoms with Gasteiger partial charge in [-0.3, -0.25) is 4.90 Å². The summed E-state index contributed by atoms with van der Waals surface area (Å²) in [5.41, 5.74) is 3.67. The van der Waals surface area contributed by atoms with Crippen LogP contribution in [0.2, 0.25) is 0 Å². The molecular weight excluding hydrogens is 506 g/mol. The zero-order valence-electron chi connectivity index (χ0n) is 20.8. The molecule has 0 radical (unpaired) electrons. The maximum atomic E-state index is 13.5. The Morgan fingerprint density at radius 2 is 1.95 bits per heavy atom. The third-order valence-electron chi connectivity index (χ3n) is 6.40. The Kier molecular flexibility index (Phi) is 8.20. The molecule has 2 atom stereocenters. The minimum absolute atomic E-state index is 0.118. The van der Waals surface area contributed by atoms with Gasteiger partial charge in [0.2, 0.25) is 0 Å². The lowest BCUT2D eigenvalue weighted by molar-refractivity contribution is -0.176. The quantitative estimate of drug-likeness (QED) is 0.223. The lowest BCUT2D eigenvalue weighted by atomic mass is 9.94. The van der Waals surface area contributed by atoms with Crippen molar-refractivity contribution in [2.24, 2.45) is 13.0 Å². The predicted molar refractivity (Wildman–Crippen MR) is 137 cm³/mol. The van der Waals surface area contributed by atoms with Gasteiger partial charge in [0.15, 0.2) is 5.03 Å². The number of benzene rings is 2. The van der Waals surface area contributed by atoms with E-state index in [9.17, 15) is 17.6 Å². The van der Waals surface area contributed by atoms with Crippen molar-refractivity contribution in [2.75, 3.05) is 31.5 Å². The van der Waals surface area contributed by atoms with Crippen LogP contribution in [0, 0.1) is 24.1 Å². The molecule has 198 valence electrons. The van der Waals surface area contributed by atoms with Gasteiger partial charge in [-0.25, -0.2) is 8.70 Å². The van der Waals surface area contributed by atoms with Crippen molar-refractivity contribution >= 4 is 29.5 Å². The molecule has 1 fully saturated rings. The van der Waals surface area contributed by atoms with Gasteiger partial charge in [0.25, 0.3) is 0 Å². The van der Waals surface area contributed by atoms with E-state index in [4.69, 9.17) is 5.41 Å². The van der Waals surface area contributed by atoms with Crippen LogP contribution in [0.5, 0.6) is 0 Å². The van der Waals surface area contributed by atoms with Crippen molar-refractivity contribution in [3.05, 3.63) is 65.1 Å². The molecule has 3 aromatic rings. The van der Waals surface area contributed by atoms with Crippen LogP contribution < -0.4 is 5.32 Å². The van der Waals surface area contributed by atoms with Gasteiger partial charge in [0, 0.05) is 62.4 Å². The molecule has 2 N–H and O–H groups in total. The summed E-state index contributed by atoms with van der Waals surface area (Å²) in [4.78, 5) is 3.35. The lowest BCUT2D eigenvalue weighted by Crippen LogP contribution is -2.48. The molecule has 7 nitrogen and oxygen atoms in total. The summed E-state index contributed by atoms with van der Waals surface area (Å²) in [7, 11) is 1.73. The fraction of sp³-hybridized carbons (Fsp3) is 0.400. The number of nitrogens with zero attached hydrogens (tertiary/aromatic N) is 5. The third-order valence-corrected chi connectivity index (χ3v) is 7.36. The first-order valence-corrected chi connectivity index (χ1v) is 12.6. The van der Waals surface area contributed by atoms with Crippen LogP contribution in [0.3, 0.4) is 0 Å². The molecule has 12 heteroatoms. The molecule has 0 bridgehead atoms. The summed E-state index contributed by atoms with van der Waals surface area (Å²) in [6.45, 7) is 4.51. The van der Waals surface area contributed by atoms with Crippen LogP contribution in [0.15, 0.2) is 47.6 Å². The monoisotopic (exact) mass is 535 g/mol. The molecule has 0 saturated carbocycles. The van der Waals surface area contributed by atoms with Gasteiger partial charge in [-0.15, -0.1) is 5.10 Å². The molecule has 2 aromatic carbocycles. The fourth-order valence-electron chi connectivity index (χ4n) is 4.37. The van der Waals surface area contributed by atoms with Crippen molar-refractivity contribution < 1.29 is 17.6 Å². The first-order chi connectivity index (χ1) is 17.5. The molecular formula is C25H29F4N7S. The van der Waals surface area contributed by atoms with E-state index < -0.39 is 12.1 Å². The Hall–Kier alpha value is -2.96. The molecule has 0 aliphatic carbocycles. The average Bonchev–Trinajstić information content (AvgIpc) is 3.25. The Morgan fingerprint density at radius 1 is 1.22 bits per heavy atom. The highest BCUT2D eigenvalue weighted by molar-refractivity contribution is 7.97. The van der Waals surface area contributed by atoms with E-state index in [-0.39, 0.29) is 18.4 Å². The number of anilines is 2. The van der Waals surface area contributed by atoms with Gasteiger partial charge in [0.05, 0.1) is 12.1 Å². The third kappa shape index (κ3) is 6.68. The van der Waals surface area contributed by atoms with Gasteiger partial charge >= 0.3 is 6.18 Å². The van der Waals surface area contributed by atoms with Crippen molar-refractivity contribution in [3.63, 3.8) is 0 Å². The maximum Gasteiger partial charge on any atom is 0.392 e. The second-order valence-corrected chi connectivity index (χ2v) is 10.3. The van der Waals surface area contributed by atoms with Gasteiger partial charge in [-0.05, 0) is 66.4 Å². The van der Waals surface area contributed by atoms with E-state index in [1.807, 2.05) is 24.0 Å². The number of halogens is 4. The number of hydrogen-bond acceptors (Lipinski definition) is 7. The van der Waals surface area contributed by atoms with E-state index in [0.29, 0.717) is 41.6 Å². The number of aryl methyl sites for hydroxylation is 2. The number of nitrogens with one attached hydrogen (secondary N) is 2. The van der Waals surface area contributed by atoms with Crippen LogP contribution in [-0.2, 0) is 7.05 Å². The zero-order valence-corrected chi connectivity index (χ0v) is 21.6. The molecule has 2 unspecified atom stereocenters. The van der Waals surface area contributed by atoms with Crippen molar-refractivity contribution in [1.82, 2.24) is 24.2 Å².